The smallest absolute Gasteiger partial charge is 0.318 e. The van der Waals surface area contributed by atoms with Crippen LogP contribution in [0.2, 0.25) is 0 Å². The molecule has 7 nitrogen and oxygen atoms in total. The van der Waals surface area contributed by atoms with Gasteiger partial charge in [0.2, 0.25) is 0 Å². The summed E-state index contributed by atoms with van der Waals surface area (Å²) in [4.78, 5) is 13.2. The number of carbonyl (C=O) groups excluding carboxylic acids is 1. The van der Waals surface area contributed by atoms with Crippen molar-refractivity contribution in [2.24, 2.45) is 5.11 Å². The highest BCUT2D eigenvalue weighted by molar-refractivity contribution is 5.79. The molecule has 0 spiro atoms. The molecular formula is C5H7N3O4. The van der Waals surface area contributed by atoms with E-state index in [9.17, 15) is 9.90 Å². The third-order valence-corrected chi connectivity index (χ3v) is 1.57. The number of nitrogens with zero attached hydrogens (tertiary/aromatic N) is 3. The summed E-state index contributed by atoms with van der Waals surface area (Å²) in [6.07, 6.45) is -2.23. The van der Waals surface area contributed by atoms with Crippen LogP contribution >= 0.6 is 0 Å². The van der Waals surface area contributed by atoms with Crippen LogP contribution in [0.5, 0.6) is 0 Å². The summed E-state index contributed by atoms with van der Waals surface area (Å²) < 4.78 is 4.48. The van der Waals surface area contributed by atoms with Crippen molar-refractivity contribution in [3.05, 3.63) is 10.4 Å². The van der Waals surface area contributed by atoms with Crippen LogP contribution in [0.15, 0.2) is 5.11 Å². The first-order valence-corrected chi connectivity index (χ1v) is 3.24. The monoisotopic (exact) mass is 173 g/mol. The maximum absolute atomic E-state index is 10.8. The molecule has 0 unspecified atom stereocenters. The van der Waals surface area contributed by atoms with E-state index < -0.39 is 30.8 Å². The Morgan fingerprint density at radius 1 is 1.75 bits per heavy atom. The molecule has 0 aromatic carbocycles. The minimum Gasteiger partial charge on any atom is -0.457 e. The number of aliphatic hydroxyl groups is 2. The fourth-order valence-electron chi connectivity index (χ4n) is 0.948. The lowest BCUT2D eigenvalue weighted by Crippen LogP contribution is -2.31. The molecule has 0 amide bonds. The molecule has 1 fully saturated rings. The summed E-state index contributed by atoms with van der Waals surface area (Å²) in [7, 11) is 0. The Bertz CT molecular complexity index is 237. The van der Waals surface area contributed by atoms with Gasteiger partial charge in [-0.2, -0.15) is 0 Å². The molecule has 12 heavy (non-hydrogen) atoms. The lowest BCUT2D eigenvalue weighted by atomic mass is 10.1. The van der Waals surface area contributed by atoms with Gasteiger partial charge in [0, 0.05) is 4.91 Å². The van der Waals surface area contributed by atoms with Crippen molar-refractivity contribution in [1.29, 1.82) is 0 Å². The summed E-state index contributed by atoms with van der Waals surface area (Å²) in [5, 5.41) is 20.8. The second kappa shape index (κ2) is 3.40. The molecule has 0 aromatic heterocycles. The van der Waals surface area contributed by atoms with Gasteiger partial charge in [-0.1, -0.05) is 5.11 Å². The van der Waals surface area contributed by atoms with Crippen molar-refractivity contribution in [3.8, 4) is 0 Å². The van der Waals surface area contributed by atoms with E-state index >= 15 is 0 Å². The molecule has 1 aliphatic heterocycles. The van der Waals surface area contributed by atoms with E-state index in [1.54, 1.807) is 0 Å². The van der Waals surface area contributed by atoms with Gasteiger partial charge in [0.05, 0.1) is 6.61 Å². The molecule has 3 atom stereocenters. The first-order valence-electron chi connectivity index (χ1n) is 3.24. The highest BCUT2D eigenvalue weighted by Crippen LogP contribution is 2.18. The summed E-state index contributed by atoms with van der Waals surface area (Å²) in [6.45, 7) is -0.482. The van der Waals surface area contributed by atoms with Gasteiger partial charge < -0.3 is 14.9 Å². The topological polar surface area (TPSA) is 116 Å². The molecule has 2 N–H and O–H groups in total. The van der Waals surface area contributed by atoms with Crippen LogP contribution in [-0.4, -0.2) is 41.0 Å². The van der Waals surface area contributed by atoms with Gasteiger partial charge in [-0.15, -0.1) is 0 Å². The summed E-state index contributed by atoms with van der Waals surface area (Å²) in [6, 6.07) is -1.23. The number of azide groups is 1. The van der Waals surface area contributed by atoms with Crippen LogP contribution in [-0.2, 0) is 9.53 Å². The number of ether oxygens (including phenoxy) is 1. The first kappa shape index (κ1) is 8.79. The van der Waals surface area contributed by atoms with E-state index in [1.165, 1.54) is 0 Å². The van der Waals surface area contributed by atoms with Gasteiger partial charge >= 0.3 is 5.97 Å². The van der Waals surface area contributed by atoms with Crippen molar-refractivity contribution in [2.75, 3.05) is 6.61 Å². The Labute approximate surface area is 67.2 Å². The molecule has 1 rings (SSSR count). The molecule has 0 saturated carbocycles. The fraction of sp³-hybridized carbons (Fsp3) is 0.800. The van der Waals surface area contributed by atoms with Crippen LogP contribution in [0.4, 0.5) is 0 Å². The van der Waals surface area contributed by atoms with E-state index in [4.69, 9.17) is 10.6 Å². The molecule has 7 heteroatoms. The van der Waals surface area contributed by atoms with Crippen LogP contribution in [0.3, 0.4) is 0 Å². The van der Waals surface area contributed by atoms with Gasteiger partial charge in [-0.3, -0.25) is 4.79 Å². The lowest BCUT2D eigenvalue weighted by molar-refractivity contribution is -0.143. The van der Waals surface area contributed by atoms with Crippen molar-refractivity contribution in [3.63, 3.8) is 0 Å². The zero-order valence-electron chi connectivity index (χ0n) is 5.99. The Hall–Kier alpha value is -1.30. The molecule has 0 aliphatic carbocycles. The van der Waals surface area contributed by atoms with Crippen molar-refractivity contribution < 1.29 is 19.7 Å². The molecule has 0 radical (unpaired) electrons. The van der Waals surface area contributed by atoms with Crippen LogP contribution < -0.4 is 0 Å². The summed E-state index contributed by atoms with van der Waals surface area (Å²) in [5.74, 6) is -0.806. The van der Waals surface area contributed by atoms with Gasteiger partial charge in [-0.05, 0) is 5.53 Å². The molecule has 0 bridgehead atoms. The molecule has 1 aliphatic rings. The number of rotatable bonds is 2. The van der Waals surface area contributed by atoms with Gasteiger partial charge in [0.1, 0.15) is 6.10 Å². The standard InChI is InChI=1S/C5H7N3O4/c6-8-7-3-4(10)2(1-9)12-5(3)11/h2-4,9-10H,1H2/t2-,3+,4+/m1/s1. The Balaban J connectivity index is 2.76. The first-order chi connectivity index (χ1) is 5.70. The fourth-order valence-corrected chi connectivity index (χ4v) is 0.948. The molecular weight excluding hydrogens is 166 g/mol. The quantitative estimate of drug-likeness (QED) is 0.239. The number of aliphatic hydroxyl groups excluding tert-OH is 2. The predicted octanol–water partition coefficient (Wildman–Crippen LogP) is -1.06. The van der Waals surface area contributed by atoms with Gasteiger partial charge in [-0.25, -0.2) is 0 Å². The van der Waals surface area contributed by atoms with E-state index in [0.29, 0.717) is 0 Å². The highest BCUT2D eigenvalue weighted by Gasteiger charge is 2.42. The average molecular weight is 173 g/mol. The van der Waals surface area contributed by atoms with Crippen LogP contribution in [0.25, 0.3) is 10.4 Å². The summed E-state index contributed by atoms with van der Waals surface area (Å²) in [5.41, 5.74) is 8.00. The van der Waals surface area contributed by atoms with Crippen molar-refractivity contribution in [2.45, 2.75) is 18.2 Å². The lowest BCUT2D eigenvalue weighted by Gasteiger charge is -2.08. The third kappa shape index (κ3) is 1.33. The average Bonchev–Trinajstić information content (AvgIpc) is 2.32. The SMILES string of the molecule is [N-]=[N+]=N[C@@H]1C(=O)O[C@H](CO)[C@@H]1O. The molecule has 1 saturated heterocycles. The number of hydrogen-bond acceptors (Lipinski definition) is 5. The Morgan fingerprint density at radius 2 is 2.42 bits per heavy atom. The van der Waals surface area contributed by atoms with E-state index in [1.807, 2.05) is 0 Å². The number of carbonyl (C=O) groups is 1. The van der Waals surface area contributed by atoms with E-state index in [-0.39, 0.29) is 0 Å². The predicted molar refractivity (Wildman–Crippen MR) is 35.9 cm³/mol. The van der Waals surface area contributed by atoms with E-state index in [2.05, 4.69) is 14.8 Å². The zero-order valence-corrected chi connectivity index (χ0v) is 5.99. The van der Waals surface area contributed by atoms with Crippen LogP contribution in [0, 0.1) is 0 Å². The minimum atomic E-state index is -1.25. The largest absolute Gasteiger partial charge is 0.457 e. The maximum atomic E-state index is 10.8. The second-order valence-electron chi connectivity index (χ2n) is 2.30. The highest BCUT2D eigenvalue weighted by atomic mass is 16.6. The zero-order chi connectivity index (χ0) is 9.14. The van der Waals surface area contributed by atoms with Crippen molar-refractivity contribution >= 4 is 5.97 Å². The number of esters is 1. The third-order valence-electron chi connectivity index (χ3n) is 1.57. The maximum Gasteiger partial charge on any atom is 0.318 e. The van der Waals surface area contributed by atoms with E-state index in [0.717, 1.165) is 0 Å². The van der Waals surface area contributed by atoms with Gasteiger partial charge in [0.15, 0.2) is 12.1 Å². The number of cyclic esters (lactones) is 1. The molecule has 1 heterocycles. The van der Waals surface area contributed by atoms with Gasteiger partial charge in [0.25, 0.3) is 0 Å². The summed E-state index contributed by atoms with van der Waals surface area (Å²) >= 11 is 0. The number of hydrogen-bond donors (Lipinski definition) is 2. The van der Waals surface area contributed by atoms with Crippen molar-refractivity contribution in [1.82, 2.24) is 0 Å². The van der Waals surface area contributed by atoms with Crippen LogP contribution in [0.1, 0.15) is 0 Å². The second-order valence-corrected chi connectivity index (χ2v) is 2.30. The minimum absolute atomic E-state index is 0.482. The Morgan fingerprint density at radius 3 is 2.83 bits per heavy atom. The normalized spacial score (nSPS) is 34.2. The molecule has 0 aromatic rings. The molecule has 66 valence electrons. The Kier molecular flexibility index (Phi) is 2.49.